The van der Waals surface area contributed by atoms with Crippen LogP contribution in [0.3, 0.4) is 0 Å². The third-order valence-electron chi connectivity index (χ3n) is 5.08. The number of aryl methyl sites for hydroxylation is 2. The highest BCUT2D eigenvalue weighted by molar-refractivity contribution is 5.94. The molecule has 1 saturated carbocycles. The van der Waals surface area contributed by atoms with Crippen LogP contribution in [0.4, 0.5) is 5.82 Å². The van der Waals surface area contributed by atoms with Gasteiger partial charge in [0.05, 0.1) is 17.3 Å². The molecule has 1 atom stereocenters. The number of H-pyrrole nitrogens is 1. The molecule has 4 rings (SSSR count). The standard InChI is InChI=1S/C16H21N5O2/c1-9-12(8-20(2)18-9)11-7-13(22)17-15-14(11)16(23)19-21(15)10-5-3-4-6-10/h8,10-11H,3-7H2,1-2H3,(H,17,22)(H,19,23)/t11-/m1/s1. The molecule has 3 heterocycles. The van der Waals surface area contributed by atoms with Crippen LogP contribution in [0.2, 0.25) is 0 Å². The number of aromatic amines is 1. The summed E-state index contributed by atoms with van der Waals surface area (Å²) in [7, 11) is 1.86. The highest BCUT2D eigenvalue weighted by Gasteiger charge is 2.35. The fraction of sp³-hybridized carbons (Fsp3) is 0.562. The Labute approximate surface area is 133 Å². The van der Waals surface area contributed by atoms with Crippen LogP contribution in [-0.2, 0) is 11.8 Å². The average Bonchev–Trinajstić information content (AvgIpc) is 3.18. The number of rotatable bonds is 2. The van der Waals surface area contributed by atoms with Crippen LogP contribution in [0.25, 0.3) is 0 Å². The molecule has 7 heteroatoms. The third kappa shape index (κ3) is 2.22. The fourth-order valence-corrected chi connectivity index (χ4v) is 4.05. The lowest BCUT2D eigenvalue weighted by molar-refractivity contribution is -0.116. The predicted molar refractivity (Wildman–Crippen MR) is 85.6 cm³/mol. The second kappa shape index (κ2) is 5.11. The molecular weight excluding hydrogens is 294 g/mol. The number of fused-ring (bicyclic) bond motifs is 1. The van der Waals surface area contributed by atoms with E-state index in [0.29, 0.717) is 11.4 Å². The van der Waals surface area contributed by atoms with Gasteiger partial charge in [0, 0.05) is 31.1 Å². The largest absolute Gasteiger partial charge is 0.311 e. The van der Waals surface area contributed by atoms with Gasteiger partial charge in [-0.05, 0) is 19.8 Å². The molecule has 23 heavy (non-hydrogen) atoms. The van der Waals surface area contributed by atoms with E-state index in [1.165, 1.54) is 12.8 Å². The zero-order chi connectivity index (χ0) is 16.1. The van der Waals surface area contributed by atoms with Crippen LogP contribution in [0.15, 0.2) is 11.0 Å². The average molecular weight is 315 g/mol. The molecule has 2 aromatic heterocycles. The Balaban J connectivity index is 1.86. The van der Waals surface area contributed by atoms with Crippen molar-refractivity contribution in [1.82, 2.24) is 19.6 Å². The van der Waals surface area contributed by atoms with E-state index in [-0.39, 0.29) is 29.8 Å². The first kappa shape index (κ1) is 14.3. The molecule has 1 aliphatic carbocycles. The van der Waals surface area contributed by atoms with Gasteiger partial charge in [-0.15, -0.1) is 0 Å². The van der Waals surface area contributed by atoms with Gasteiger partial charge in [0.1, 0.15) is 5.82 Å². The van der Waals surface area contributed by atoms with Crippen molar-refractivity contribution in [3.05, 3.63) is 33.4 Å². The van der Waals surface area contributed by atoms with Crippen molar-refractivity contribution >= 4 is 11.7 Å². The van der Waals surface area contributed by atoms with E-state index >= 15 is 0 Å². The van der Waals surface area contributed by atoms with E-state index in [0.717, 1.165) is 24.1 Å². The topological polar surface area (TPSA) is 84.7 Å². The molecular formula is C16H21N5O2. The highest BCUT2D eigenvalue weighted by atomic mass is 16.2. The maximum Gasteiger partial charge on any atom is 0.270 e. The first-order valence-corrected chi connectivity index (χ1v) is 8.19. The maximum atomic E-state index is 12.6. The van der Waals surface area contributed by atoms with Gasteiger partial charge in [-0.1, -0.05) is 12.8 Å². The molecule has 1 amide bonds. The Morgan fingerprint density at radius 1 is 1.26 bits per heavy atom. The van der Waals surface area contributed by atoms with E-state index in [1.54, 1.807) is 4.68 Å². The van der Waals surface area contributed by atoms with E-state index in [2.05, 4.69) is 15.5 Å². The Morgan fingerprint density at radius 2 is 2.00 bits per heavy atom. The smallest absolute Gasteiger partial charge is 0.270 e. The molecule has 0 saturated heterocycles. The number of nitrogens with one attached hydrogen (secondary N) is 2. The molecule has 2 N–H and O–H groups in total. The summed E-state index contributed by atoms with van der Waals surface area (Å²) in [6.45, 7) is 1.92. The first-order chi connectivity index (χ1) is 11.0. The van der Waals surface area contributed by atoms with Crippen LogP contribution in [0, 0.1) is 6.92 Å². The van der Waals surface area contributed by atoms with Gasteiger partial charge in [0.15, 0.2) is 0 Å². The summed E-state index contributed by atoms with van der Waals surface area (Å²) in [5.41, 5.74) is 2.40. The number of anilines is 1. The Bertz CT molecular complexity index is 822. The minimum atomic E-state index is -0.223. The van der Waals surface area contributed by atoms with Gasteiger partial charge < -0.3 is 5.32 Å². The molecule has 0 aromatic carbocycles. The molecule has 0 spiro atoms. The van der Waals surface area contributed by atoms with Gasteiger partial charge in [0.2, 0.25) is 5.91 Å². The van der Waals surface area contributed by atoms with Crippen LogP contribution < -0.4 is 10.9 Å². The predicted octanol–water partition coefficient (Wildman–Crippen LogP) is 1.81. The zero-order valence-corrected chi connectivity index (χ0v) is 13.4. The summed E-state index contributed by atoms with van der Waals surface area (Å²) < 4.78 is 3.62. The summed E-state index contributed by atoms with van der Waals surface area (Å²) in [5, 5.41) is 10.2. The lowest BCUT2D eigenvalue weighted by atomic mass is 9.87. The van der Waals surface area contributed by atoms with Crippen molar-refractivity contribution in [2.75, 3.05) is 5.32 Å². The normalized spacial score (nSPS) is 21.5. The number of carbonyl (C=O) groups excluding carboxylic acids is 1. The molecule has 1 fully saturated rings. The number of hydrogen-bond donors (Lipinski definition) is 2. The number of nitrogens with zero attached hydrogens (tertiary/aromatic N) is 3. The van der Waals surface area contributed by atoms with Crippen molar-refractivity contribution in [2.45, 2.75) is 51.0 Å². The van der Waals surface area contributed by atoms with Crippen molar-refractivity contribution in [1.29, 1.82) is 0 Å². The SMILES string of the molecule is Cc1nn(C)cc1[C@H]1CC(=O)Nc2c1c(=O)[nH]n2C1CCCC1. The zero-order valence-electron chi connectivity index (χ0n) is 13.4. The third-order valence-corrected chi connectivity index (χ3v) is 5.08. The van der Waals surface area contributed by atoms with Crippen LogP contribution in [0.5, 0.6) is 0 Å². The Morgan fingerprint density at radius 3 is 2.65 bits per heavy atom. The number of hydrogen-bond acceptors (Lipinski definition) is 3. The van der Waals surface area contributed by atoms with E-state index in [1.807, 2.05) is 24.9 Å². The molecule has 2 aromatic rings. The van der Waals surface area contributed by atoms with E-state index in [9.17, 15) is 9.59 Å². The van der Waals surface area contributed by atoms with Crippen LogP contribution in [-0.4, -0.2) is 25.5 Å². The highest BCUT2D eigenvalue weighted by Crippen LogP contribution is 2.39. The molecule has 122 valence electrons. The molecule has 2 aliphatic rings. The van der Waals surface area contributed by atoms with Crippen molar-refractivity contribution in [2.24, 2.45) is 7.05 Å². The molecule has 0 radical (unpaired) electrons. The fourth-order valence-electron chi connectivity index (χ4n) is 4.05. The summed E-state index contributed by atoms with van der Waals surface area (Å²) in [5.74, 6) is 0.391. The minimum Gasteiger partial charge on any atom is -0.311 e. The van der Waals surface area contributed by atoms with Gasteiger partial charge in [0.25, 0.3) is 5.56 Å². The second-order valence-corrected chi connectivity index (χ2v) is 6.66. The molecule has 0 unspecified atom stereocenters. The lowest BCUT2D eigenvalue weighted by Gasteiger charge is -2.24. The number of carbonyl (C=O) groups is 1. The molecule has 7 nitrogen and oxygen atoms in total. The van der Waals surface area contributed by atoms with Gasteiger partial charge >= 0.3 is 0 Å². The van der Waals surface area contributed by atoms with E-state index < -0.39 is 0 Å². The summed E-state index contributed by atoms with van der Waals surface area (Å²) in [6, 6.07) is 0.278. The van der Waals surface area contributed by atoms with Gasteiger partial charge in [-0.25, -0.2) is 0 Å². The Kier molecular flexibility index (Phi) is 3.18. The van der Waals surface area contributed by atoms with Crippen molar-refractivity contribution in [3.8, 4) is 0 Å². The molecule has 0 bridgehead atoms. The van der Waals surface area contributed by atoms with Gasteiger partial charge in [-0.3, -0.25) is 24.1 Å². The second-order valence-electron chi connectivity index (χ2n) is 6.66. The van der Waals surface area contributed by atoms with Gasteiger partial charge in [-0.2, -0.15) is 5.10 Å². The number of aromatic nitrogens is 4. The first-order valence-electron chi connectivity index (χ1n) is 8.19. The van der Waals surface area contributed by atoms with Crippen LogP contribution >= 0.6 is 0 Å². The number of amides is 1. The van der Waals surface area contributed by atoms with Crippen molar-refractivity contribution < 1.29 is 4.79 Å². The maximum absolute atomic E-state index is 12.6. The summed E-state index contributed by atoms with van der Waals surface area (Å²) in [4.78, 5) is 24.8. The molecule has 1 aliphatic heterocycles. The van der Waals surface area contributed by atoms with Crippen molar-refractivity contribution in [3.63, 3.8) is 0 Å². The lowest BCUT2D eigenvalue weighted by Crippen LogP contribution is -2.27. The minimum absolute atomic E-state index is 0.0449. The van der Waals surface area contributed by atoms with E-state index in [4.69, 9.17) is 0 Å². The van der Waals surface area contributed by atoms with Crippen LogP contribution in [0.1, 0.15) is 60.9 Å². The monoisotopic (exact) mass is 315 g/mol. The summed E-state index contributed by atoms with van der Waals surface area (Å²) >= 11 is 0. The quantitative estimate of drug-likeness (QED) is 0.886. The Hall–Kier alpha value is -2.31. The summed E-state index contributed by atoms with van der Waals surface area (Å²) in [6.07, 6.45) is 6.62.